The van der Waals surface area contributed by atoms with Gasteiger partial charge in [-0.15, -0.1) is 0 Å². The van der Waals surface area contributed by atoms with E-state index >= 15 is 0 Å². The number of hydrogen-bond acceptors (Lipinski definition) is 3. The summed E-state index contributed by atoms with van der Waals surface area (Å²) in [5.41, 5.74) is 0.637. The number of amides is 1. The number of anilines is 1. The average molecular weight is 346 g/mol. The van der Waals surface area contributed by atoms with Crippen LogP contribution in [0.4, 0.5) is 14.5 Å². The predicted octanol–water partition coefficient (Wildman–Crippen LogP) is 3.08. The first-order valence-corrected chi connectivity index (χ1v) is 8.29. The van der Waals surface area contributed by atoms with E-state index in [1.54, 1.807) is 11.0 Å². The summed E-state index contributed by atoms with van der Waals surface area (Å²) in [5.74, 6) is -0.913. The fraction of sp³-hybridized carbons (Fsp3) is 0.316. The summed E-state index contributed by atoms with van der Waals surface area (Å²) in [6, 6.07) is 13.3. The Hall–Kier alpha value is -2.63. The second kappa shape index (κ2) is 7.96. The normalized spacial score (nSPS) is 14.5. The van der Waals surface area contributed by atoms with Gasteiger partial charge in [-0.2, -0.15) is 0 Å². The molecule has 1 amide bonds. The Bertz CT molecular complexity index is 717. The van der Waals surface area contributed by atoms with Crippen molar-refractivity contribution in [2.45, 2.75) is 6.42 Å². The Kier molecular flexibility index (Phi) is 5.48. The van der Waals surface area contributed by atoms with Crippen molar-refractivity contribution in [1.29, 1.82) is 0 Å². The molecule has 3 rings (SSSR count). The zero-order valence-corrected chi connectivity index (χ0v) is 13.8. The number of halogens is 2. The predicted molar refractivity (Wildman–Crippen MR) is 91.7 cm³/mol. The van der Waals surface area contributed by atoms with E-state index in [9.17, 15) is 13.6 Å². The smallest absolute Gasteiger partial charge is 0.226 e. The van der Waals surface area contributed by atoms with Crippen LogP contribution in [0.15, 0.2) is 48.5 Å². The van der Waals surface area contributed by atoms with Crippen molar-refractivity contribution < 1.29 is 18.3 Å². The fourth-order valence-corrected chi connectivity index (χ4v) is 2.83. The molecule has 132 valence electrons. The number of carbonyl (C=O) groups excluding carboxylic acids is 1. The summed E-state index contributed by atoms with van der Waals surface area (Å²) in [4.78, 5) is 16.0. The van der Waals surface area contributed by atoms with Crippen LogP contribution in [0.2, 0.25) is 0 Å². The Labute approximate surface area is 145 Å². The van der Waals surface area contributed by atoms with Crippen molar-refractivity contribution in [3.05, 3.63) is 60.2 Å². The third-order valence-corrected chi connectivity index (χ3v) is 4.23. The molecule has 1 aliphatic rings. The summed E-state index contributed by atoms with van der Waals surface area (Å²) >= 11 is 0. The standard InChI is InChI=1S/C19H20F2N2O2/c20-17-7-6-15(14-18(17)21)22-9-11-23(12-10-22)19(24)8-13-25-16-4-2-1-3-5-16/h1-7,14H,8-13H2. The van der Waals surface area contributed by atoms with E-state index in [1.165, 1.54) is 6.07 Å². The fourth-order valence-electron chi connectivity index (χ4n) is 2.83. The van der Waals surface area contributed by atoms with Crippen molar-refractivity contribution in [3.8, 4) is 5.75 Å². The quantitative estimate of drug-likeness (QED) is 0.834. The van der Waals surface area contributed by atoms with E-state index in [2.05, 4.69) is 0 Å². The van der Waals surface area contributed by atoms with Gasteiger partial charge in [0.15, 0.2) is 11.6 Å². The number of hydrogen-bond donors (Lipinski definition) is 0. The van der Waals surface area contributed by atoms with Crippen LogP contribution < -0.4 is 9.64 Å². The van der Waals surface area contributed by atoms with Crippen LogP contribution in [-0.4, -0.2) is 43.6 Å². The topological polar surface area (TPSA) is 32.8 Å². The van der Waals surface area contributed by atoms with Gasteiger partial charge >= 0.3 is 0 Å². The zero-order valence-electron chi connectivity index (χ0n) is 13.8. The van der Waals surface area contributed by atoms with Crippen molar-refractivity contribution in [3.63, 3.8) is 0 Å². The minimum atomic E-state index is -0.853. The third-order valence-electron chi connectivity index (χ3n) is 4.23. The van der Waals surface area contributed by atoms with Crippen molar-refractivity contribution in [2.75, 3.05) is 37.7 Å². The maximum Gasteiger partial charge on any atom is 0.226 e. The first-order chi connectivity index (χ1) is 12.1. The van der Waals surface area contributed by atoms with Gasteiger partial charge in [0.05, 0.1) is 13.0 Å². The molecule has 6 heteroatoms. The summed E-state index contributed by atoms with van der Waals surface area (Å²) in [7, 11) is 0. The molecule has 0 aliphatic carbocycles. The average Bonchev–Trinajstić information content (AvgIpc) is 2.65. The molecular weight excluding hydrogens is 326 g/mol. The summed E-state index contributed by atoms with van der Waals surface area (Å²) < 4.78 is 31.9. The third kappa shape index (κ3) is 4.47. The SMILES string of the molecule is O=C(CCOc1ccccc1)N1CCN(c2ccc(F)c(F)c2)CC1. The molecule has 0 aromatic heterocycles. The highest BCUT2D eigenvalue weighted by Gasteiger charge is 2.21. The molecule has 4 nitrogen and oxygen atoms in total. The van der Waals surface area contributed by atoms with Crippen LogP contribution in [-0.2, 0) is 4.79 Å². The highest BCUT2D eigenvalue weighted by molar-refractivity contribution is 5.76. The van der Waals surface area contributed by atoms with Crippen LogP contribution >= 0.6 is 0 Å². The van der Waals surface area contributed by atoms with Gasteiger partial charge in [0, 0.05) is 37.9 Å². The number of piperazine rings is 1. The molecule has 0 bridgehead atoms. The maximum atomic E-state index is 13.3. The molecule has 1 heterocycles. The molecule has 1 fully saturated rings. The van der Waals surface area contributed by atoms with Gasteiger partial charge in [0.1, 0.15) is 5.75 Å². The number of benzene rings is 2. The molecule has 0 radical (unpaired) electrons. The van der Waals surface area contributed by atoms with E-state index in [-0.39, 0.29) is 5.91 Å². The molecule has 2 aromatic carbocycles. The van der Waals surface area contributed by atoms with Crippen LogP contribution in [0.25, 0.3) is 0 Å². The number of rotatable bonds is 5. The first kappa shape index (κ1) is 17.2. The molecule has 2 aromatic rings. The lowest BCUT2D eigenvalue weighted by atomic mass is 10.2. The molecule has 0 saturated carbocycles. The lowest BCUT2D eigenvalue weighted by molar-refractivity contribution is -0.132. The van der Waals surface area contributed by atoms with E-state index in [0.29, 0.717) is 44.9 Å². The number of ether oxygens (including phenoxy) is 1. The van der Waals surface area contributed by atoms with E-state index in [1.807, 2.05) is 35.2 Å². The van der Waals surface area contributed by atoms with Gasteiger partial charge in [-0.1, -0.05) is 18.2 Å². The summed E-state index contributed by atoms with van der Waals surface area (Å²) in [6.07, 6.45) is 0.320. The van der Waals surface area contributed by atoms with Crippen LogP contribution in [0.3, 0.4) is 0 Å². The maximum absolute atomic E-state index is 13.3. The van der Waals surface area contributed by atoms with E-state index in [4.69, 9.17) is 4.74 Å². The second-order valence-electron chi connectivity index (χ2n) is 5.88. The Morgan fingerprint density at radius 2 is 1.68 bits per heavy atom. The van der Waals surface area contributed by atoms with Gasteiger partial charge in [0.25, 0.3) is 0 Å². The Morgan fingerprint density at radius 3 is 2.36 bits per heavy atom. The largest absolute Gasteiger partial charge is 0.493 e. The molecule has 0 spiro atoms. The van der Waals surface area contributed by atoms with Gasteiger partial charge in [-0.25, -0.2) is 8.78 Å². The van der Waals surface area contributed by atoms with Crippen molar-refractivity contribution in [2.24, 2.45) is 0 Å². The Morgan fingerprint density at radius 1 is 0.960 bits per heavy atom. The molecule has 0 N–H and O–H groups in total. The van der Waals surface area contributed by atoms with Gasteiger partial charge in [-0.3, -0.25) is 4.79 Å². The summed E-state index contributed by atoms with van der Waals surface area (Å²) in [5, 5.41) is 0. The first-order valence-electron chi connectivity index (χ1n) is 8.29. The van der Waals surface area contributed by atoms with Crippen molar-refractivity contribution in [1.82, 2.24) is 4.90 Å². The van der Waals surface area contributed by atoms with E-state index in [0.717, 1.165) is 11.8 Å². The molecule has 0 unspecified atom stereocenters. The van der Waals surface area contributed by atoms with E-state index < -0.39 is 11.6 Å². The summed E-state index contributed by atoms with van der Waals surface area (Å²) in [6.45, 7) is 2.64. The monoisotopic (exact) mass is 346 g/mol. The van der Waals surface area contributed by atoms with Crippen LogP contribution in [0.5, 0.6) is 5.75 Å². The van der Waals surface area contributed by atoms with Gasteiger partial charge < -0.3 is 14.5 Å². The minimum Gasteiger partial charge on any atom is -0.493 e. The molecule has 1 saturated heterocycles. The van der Waals surface area contributed by atoms with Crippen molar-refractivity contribution >= 4 is 11.6 Å². The van der Waals surface area contributed by atoms with Crippen LogP contribution in [0, 0.1) is 11.6 Å². The number of carbonyl (C=O) groups is 1. The number of nitrogens with zero attached hydrogens (tertiary/aromatic N) is 2. The van der Waals surface area contributed by atoms with Crippen LogP contribution in [0.1, 0.15) is 6.42 Å². The molecular formula is C19H20F2N2O2. The van der Waals surface area contributed by atoms with Gasteiger partial charge in [0.2, 0.25) is 5.91 Å². The highest BCUT2D eigenvalue weighted by atomic mass is 19.2. The molecule has 25 heavy (non-hydrogen) atoms. The highest BCUT2D eigenvalue weighted by Crippen LogP contribution is 2.19. The molecule has 1 aliphatic heterocycles. The minimum absolute atomic E-state index is 0.0425. The number of para-hydroxylation sites is 1. The zero-order chi connectivity index (χ0) is 17.6. The van der Waals surface area contributed by atoms with Gasteiger partial charge in [-0.05, 0) is 24.3 Å². The lowest BCUT2D eigenvalue weighted by Crippen LogP contribution is -2.49. The Balaban J connectivity index is 1.45. The lowest BCUT2D eigenvalue weighted by Gasteiger charge is -2.36. The molecule has 0 atom stereocenters. The second-order valence-corrected chi connectivity index (χ2v) is 5.88.